The molecule has 0 aromatic rings. The minimum Gasteiger partial charge on any atom is -0.481 e. The second-order valence-corrected chi connectivity index (χ2v) is 8.19. The summed E-state index contributed by atoms with van der Waals surface area (Å²) >= 11 is 4.07. The maximum absolute atomic E-state index is 12.7. The summed E-state index contributed by atoms with van der Waals surface area (Å²) < 4.78 is 0. The van der Waals surface area contributed by atoms with Gasteiger partial charge in [0.1, 0.15) is 18.1 Å². The average Bonchev–Trinajstić information content (AvgIpc) is 2.69. The molecule has 4 atom stereocenters. The topological polar surface area (TPSA) is 214 Å². The minimum atomic E-state index is -1.66. The van der Waals surface area contributed by atoms with Gasteiger partial charge in [0.15, 0.2) is 0 Å². The van der Waals surface area contributed by atoms with Crippen LogP contribution >= 0.6 is 12.6 Å². The van der Waals surface area contributed by atoms with E-state index in [0.29, 0.717) is 25.8 Å². The van der Waals surface area contributed by atoms with Crippen molar-refractivity contribution in [3.8, 4) is 0 Å². The Morgan fingerprint density at radius 1 is 0.875 bits per heavy atom. The monoisotopic (exact) mass is 477 g/mol. The molecule has 0 saturated heterocycles. The molecule has 0 aliphatic carbocycles. The number of carbonyl (C=O) groups excluding carboxylic acids is 3. The van der Waals surface area contributed by atoms with E-state index in [9.17, 15) is 24.0 Å². The van der Waals surface area contributed by atoms with Crippen molar-refractivity contribution in [2.45, 2.75) is 70.1 Å². The highest BCUT2D eigenvalue weighted by atomic mass is 32.1. The van der Waals surface area contributed by atoms with E-state index in [4.69, 9.17) is 21.7 Å². The summed E-state index contributed by atoms with van der Waals surface area (Å²) in [6.07, 6.45) is 0.718. The molecule has 13 heteroatoms. The molecule has 0 spiro atoms. The Labute approximate surface area is 192 Å². The minimum absolute atomic E-state index is 0.0696. The van der Waals surface area contributed by atoms with E-state index in [2.05, 4.69) is 28.6 Å². The van der Waals surface area contributed by atoms with Crippen molar-refractivity contribution in [3.05, 3.63) is 0 Å². The largest absolute Gasteiger partial charge is 0.481 e. The van der Waals surface area contributed by atoms with Crippen LogP contribution < -0.4 is 27.4 Å². The van der Waals surface area contributed by atoms with Gasteiger partial charge < -0.3 is 37.6 Å². The molecule has 0 aromatic carbocycles. The summed E-state index contributed by atoms with van der Waals surface area (Å²) in [5.41, 5.74) is 11.3. The van der Waals surface area contributed by atoms with Crippen molar-refractivity contribution in [3.63, 3.8) is 0 Å². The van der Waals surface area contributed by atoms with Gasteiger partial charge in [-0.15, -0.1) is 0 Å². The highest BCUT2D eigenvalue weighted by Gasteiger charge is 2.30. The quantitative estimate of drug-likeness (QED) is 0.0950. The third kappa shape index (κ3) is 11.9. The Kier molecular flexibility index (Phi) is 14.3. The predicted octanol–water partition coefficient (Wildman–Crippen LogP) is -1.57. The first-order valence-electron chi connectivity index (χ1n) is 10.3. The van der Waals surface area contributed by atoms with Gasteiger partial charge in [-0.3, -0.25) is 19.2 Å². The van der Waals surface area contributed by atoms with Gasteiger partial charge in [-0.2, -0.15) is 12.6 Å². The summed E-state index contributed by atoms with van der Waals surface area (Å²) in [6, 6.07) is -4.72. The van der Waals surface area contributed by atoms with Crippen LogP contribution in [0.3, 0.4) is 0 Å². The third-order valence-corrected chi connectivity index (χ3v) is 4.82. The Bertz CT molecular complexity index is 662. The molecule has 0 aliphatic heterocycles. The van der Waals surface area contributed by atoms with Gasteiger partial charge in [-0.05, 0) is 38.1 Å². The van der Waals surface area contributed by atoms with E-state index >= 15 is 0 Å². The number of carboxylic acids is 2. The van der Waals surface area contributed by atoms with Crippen molar-refractivity contribution in [1.82, 2.24) is 16.0 Å². The van der Waals surface area contributed by atoms with Crippen LogP contribution in [0.2, 0.25) is 0 Å². The normalized spacial score (nSPS) is 14.7. The lowest BCUT2D eigenvalue weighted by molar-refractivity contribution is -0.147. The molecule has 184 valence electrons. The van der Waals surface area contributed by atoms with E-state index in [0.717, 1.165) is 0 Å². The molecule has 32 heavy (non-hydrogen) atoms. The van der Waals surface area contributed by atoms with Crippen LogP contribution in [0, 0.1) is 5.92 Å². The van der Waals surface area contributed by atoms with Crippen LogP contribution in [0.1, 0.15) is 46.0 Å². The molecule has 0 bridgehead atoms. The van der Waals surface area contributed by atoms with Gasteiger partial charge in [0.25, 0.3) is 0 Å². The zero-order valence-corrected chi connectivity index (χ0v) is 19.3. The van der Waals surface area contributed by atoms with E-state index < -0.39 is 60.2 Å². The highest BCUT2D eigenvalue weighted by molar-refractivity contribution is 7.80. The third-order valence-electron chi connectivity index (χ3n) is 4.45. The molecule has 0 saturated carbocycles. The van der Waals surface area contributed by atoms with Crippen LogP contribution in [0.5, 0.6) is 0 Å². The Morgan fingerprint density at radius 3 is 1.88 bits per heavy atom. The van der Waals surface area contributed by atoms with Crippen LogP contribution in [0.25, 0.3) is 0 Å². The lowest BCUT2D eigenvalue weighted by Gasteiger charge is -2.24. The van der Waals surface area contributed by atoms with Crippen LogP contribution in [0.15, 0.2) is 0 Å². The SMILES string of the molecule is CC(C)CC(N)C(=O)NC(CS)C(=O)NC(CCCCN)C(=O)NC(CC(=O)O)C(=O)O. The fraction of sp³-hybridized carbons (Fsp3) is 0.737. The number of thiol groups is 1. The van der Waals surface area contributed by atoms with E-state index in [1.807, 2.05) is 13.8 Å². The van der Waals surface area contributed by atoms with Gasteiger partial charge >= 0.3 is 11.9 Å². The fourth-order valence-corrected chi connectivity index (χ4v) is 3.03. The molecule has 0 fully saturated rings. The first-order chi connectivity index (χ1) is 14.9. The Balaban J connectivity index is 5.28. The number of hydrogen-bond donors (Lipinski definition) is 8. The summed E-state index contributed by atoms with van der Waals surface area (Å²) in [5, 5.41) is 25.1. The molecular formula is C19H35N5O7S. The first kappa shape index (κ1) is 29.6. The number of amides is 3. The van der Waals surface area contributed by atoms with Gasteiger partial charge in [0, 0.05) is 5.75 Å². The van der Waals surface area contributed by atoms with Crippen LogP contribution in [-0.2, 0) is 24.0 Å². The smallest absolute Gasteiger partial charge is 0.326 e. The second kappa shape index (κ2) is 15.4. The summed E-state index contributed by atoms with van der Waals surface area (Å²) in [5.74, 6) is -4.93. The Morgan fingerprint density at radius 2 is 1.41 bits per heavy atom. The number of hydrogen-bond acceptors (Lipinski definition) is 8. The number of carboxylic acid groups (broad SMARTS) is 2. The molecular weight excluding hydrogens is 442 g/mol. The first-order valence-corrected chi connectivity index (χ1v) is 11.0. The summed E-state index contributed by atoms with van der Waals surface area (Å²) in [7, 11) is 0. The second-order valence-electron chi connectivity index (χ2n) is 7.82. The number of rotatable bonds is 16. The molecule has 12 nitrogen and oxygen atoms in total. The lowest BCUT2D eigenvalue weighted by atomic mass is 10.0. The zero-order valence-electron chi connectivity index (χ0n) is 18.4. The standard InChI is InChI=1S/C19H35N5O7S/c1-10(2)7-11(21)16(27)24-14(9-32)18(29)22-12(5-3-4-6-20)17(28)23-13(19(30)31)8-15(25)26/h10-14,32H,3-9,20-21H2,1-2H3,(H,22,29)(H,23,28)(H,24,27)(H,25,26)(H,30,31). The van der Waals surface area contributed by atoms with Gasteiger partial charge in [-0.1, -0.05) is 13.8 Å². The maximum atomic E-state index is 12.7. The molecule has 0 aliphatic rings. The number of nitrogens with one attached hydrogen (secondary N) is 3. The van der Waals surface area contributed by atoms with Crippen molar-refractivity contribution < 1.29 is 34.2 Å². The van der Waals surface area contributed by atoms with Crippen molar-refractivity contribution in [2.75, 3.05) is 12.3 Å². The fourth-order valence-electron chi connectivity index (χ4n) is 2.77. The highest BCUT2D eigenvalue weighted by Crippen LogP contribution is 2.06. The van der Waals surface area contributed by atoms with Crippen molar-refractivity contribution in [2.24, 2.45) is 17.4 Å². The molecule has 4 unspecified atom stereocenters. The van der Waals surface area contributed by atoms with Crippen LogP contribution in [-0.4, -0.2) is 76.3 Å². The Hall–Kier alpha value is -2.38. The van der Waals surface area contributed by atoms with Crippen LogP contribution in [0.4, 0.5) is 0 Å². The van der Waals surface area contributed by atoms with E-state index in [1.54, 1.807) is 0 Å². The van der Waals surface area contributed by atoms with Crippen molar-refractivity contribution in [1.29, 1.82) is 0 Å². The maximum Gasteiger partial charge on any atom is 0.326 e. The molecule has 0 radical (unpaired) electrons. The predicted molar refractivity (Wildman–Crippen MR) is 120 cm³/mol. The van der Waals surface area contributed by atoms with E-state index in [1.165, 1.54) is 0 Å². The number of aliphatic carboxylic acids is 2. The molecule has 3 amide bonds. The molecule has 0 aromatic heterocycles. The summed E-state index contributed by atoms with van der Waals surface area (Å²) in [4.78, 5) is 59.6. The average molecular weight is 478 g/mol. The van der Waals surface area contributed by atoms with Crippen molar-refractivity contribution >= 4 is 42.3 Å². The summed E-state index contributed by atoms with van der Waals surface area (Å²) in [6.45, 7) is 4.15. The van der Waals surface area contributed by atoms with Gasteiger partial charge in [0.2, 0.25) is 17.7 Å². The molecule has 0 rings (SSSR count). The number of carbonyl (C=O) groups is 5. The molecule has 0 heterocycles. The van der Waals surface area contributed by atoms with E-state index in [-0.39, 0.29) is 18.1 Å². The number of nitrogens with two attached hydrogens (primary N) is 2. The number of unbranched alkanes of at least 4 members (excludes halogenated alkanes) is 1. The molecule has 9 N–H and O–H groups in total. The zero-order chi connectivity index (χ0) is 24.8. The van der Waals surface area contributed by atoms with Gasteiger partial charge in [0.05, 0.1) is 12.5 Å². The van der Waals surface area contributed by atoms with Gasteiger partial charge in [-0.25, -0.2) is 4.79 Å². The lowest BCUT2D eigenvalue weighted by Crippen LogP contribution is -2.57.